The van der Waals surface area contributed by atoms with E-state index in [1.807, 2.05) is 11.0 Å². The highest BCUT2D eigenvalue weighted by Gasteiger charge is 2.55. The van der Waals surface area contributed by atoms with Crippen molar-refractivity contribution in [1.82, 2.24) is 9.80 Å². The summed E-state index contributed by atoms with van der Waals surface area (Å²) in [6, 6.07) is 10.2. The van der Waals surface area contributed by atoms with Gasteiger partial charge in [0, 0.05) is 24.8 Å². The zero-order valence-corrected chi connectivity index (χ0v) is 15.9. The number of benzene rings is 1. The van der Waals surface area contributed by atoms with E-state index in [9.17, 15) is 14.9 Å². The van der Waals surface area contributed by atoms with Crippen LogP contribution in [-0.2, 0) is 9.59 Å². The zero-order valence-electron chi connectivity index (χ0n) is 15.9. The number of carbonyl (C=O) groups is 2. The highest BCUT2D eigenvalue weighted by molar-refractivity contribution is 6.01. The minimum atomic E-state index is -0.729. The summed E-state index contributed by atoms with van der Waals surface area (Å²) in [5.41, 5.74) is 7.50. The summed E-state index contributed by atoms with van der Waals surface area (Å²) in [4.78, 5) is 31.3. The predicted octanol–water partition coefficient (Wildman–Crippen LogP) is 0.188. The Kier molecular flexibility index (Phi) is 4.09. The smallest absolute Gasteiger partial charge is 0.244 e. The molecule has 0 spiro atoms. The molecule has 4 fully saturated rings. The minimum Gasteiger partial charge on any atom is -0.322 e. The lowest BCUT2D eigenvalue weighted by Crippen LogP contribution is -2.57. The molecule has 3 heterocycles. The average Bonchev–Trinajstić information content (AvgIpc) is 3.07. The summed E-state index contributed by atoms with van der Waals surface area (Å²) in [7, 11) is 0. The van der Waals surface area contributed by atoms with Gasteiger partial charge in [0.15, 0.2) is 0 Å². The molecule has 1 unspecified atom stereocenters. The van der Waals surface area contributed by atoms with E-state index in [-0.39, 0.29) is 36.0 Å². The second-order valence-corrected chi connectivity index (χ2v) is 8.53. The number of amides is 2. The quantitative estimate of drug-likeness (QED) is 0.784. The van der Waals surface area contributed by atoms with Crippen molar-refractivity contribution in [1.29, 1.82) is 10.5 Å². The van der Waals surface area contributed by atoms with Crippen LogP contribution in [0.4, 0.5) is 5.69 Å². The third kappa shape index (κ3) is 2.79. The first-order valence-corrected chi connectivity index (χ1v) is 10.1. The van der Waals surface area contributed by atoms with Gasteiger partial charge in [-0.2, -0.15) is 10.5 Å². The molecule has 2 bridgehead atoms. The molecule has 4 aliphatic rings. The zero-order chi connectivity index (χ0) is 20.3. The molecule has 3 aliphatic heterocycles. The van der Waals surface area contributed by atoms with Gasteiger partial charge in [-0.25, -0.2) is 0 Å². The molecule has 1 aliphatic carbocycles. The van der Waals surface area contributed by atoms with E-state index >= 15 is 0 Å². The van der Waals surface area contributed by atoms with E-state index in [4.69, 9.17) is 11.0 Å². The molecular formula is C21H22N6O2. The maximum absolute atomic E-state index is 13.0. The average molecular weight is 390 g/mol. The molecule has 148 valence electrons. The molecule has 0 aromatic heterocycles. The van der Waals surface area contributed by atoms with Crippen LogP contribution in [0.15, 0.2) is 24.3 Å². The first-order chi connectivity index (χ1) is 14.0. The first-order valence-electron chi connectivity index (χ1n) is 10.1. The van der Waals surface area contributed by atoms with Crippen molar-refractivity contribution in [3.8, 4) is 12.1 Å². The largest absolute Gasteiger partial charge is 0.322 e. The van der Waals surface area contributed by atoms with Crippen LogP contribution in [0.5, 0.6) is 0 Å². The van der Waals surface area contributed by atoms with Crippen molar-refractivity contribution in [3.63, 3.8) is 0 Å². The molecular weight excluding hydrogens is 368 g/mol. The number of hydrogen-bond acceptors (Lipinski definition) is 6. The number of piperidine rings is 1. The van der Waals surface area contributed by atoms with Crippen molar-refractivity contribution in [2.75, 3.05) is 18.0 Å². The molecule has 2 amide bonds. The number of piperazine rings is 1. The van der Waals surface area contributed by atoms with Crippen molar-refractivity contribution < 1.29 is 9.59 Å². The number of rotatable bonds is 4. The van der Waals surface area contributed by atoms with Crippen LogP contribution in [0.3, 0.4) is 0 Å². The molecule has 1 aromatic rings. The minimum absolute atomic E-state index is 0.00526. The molecule has 8 nitrogen and oxygen atoms in total. The molecule has 2 N–H and O–H groups in total. The Morgan fingerprint density at radius 3 is 2.83 bits per heavy atom. The second-order valence-electron chi connectivity index (χ2n) is 8.53. The lowest BCUT2D eigenvalue weighted by Gasteiger charge is -2.35. The normalized spacial score (nSPS) is 33.3. The third-order valence-corrected chi connectivity index (χ3v) is 6.78. The first kappa shape index (κ1) is 18.1. The number of carbonyl (C=O) groups excluding carboxylic acids is 2. The maximum Gasteiger partial charge on any atom is 0.244 e. The lowest BCUT2D eigenvalue weighted by molar-refractivity contribution is -0.135. The van der Waals surface area contributed by atoms with Crippen molar-refractivity contribution in [2.24, 2.45) is 11.7 Å². The van der Waals surface area contributed by atoms with Gasteiger partial charge in [-0.05, 0) is 43.4 Å². The van der Waals surface area contributed by atoms with E-state index in [2.05, 4.69) is 12.1 Å². The predicted molar refractivity (Wildman–Crippen MR) is 103 cm³/mol. The molecule has 1 aromatic carbocycles. The molecule has 1 saturated carbocycles. The van der Waals surface area contributed by atoms with Gasteiger partial charge in [-0.3, -0.25) is 14.5 Å². The van der Waals surface area contributed by atoms with Gasteiger partial charge >= 0.3 is 0 Å². The van der Waals surface area contributed by atoms with E-state index in [0.29, 0.717) is 31.0 Å². The van der Waals surface area contributed by atoms with Crippen molar-refractivity contribution in [3.05, 3.63) is 29.8 Å². The number of anilines is 1. The van der Waals surface area contributed by atoms with Gasteiger partial charge in [-0.15, -0.1) is 0 Å². The molecule has 3 saturated heterocycles. The van der Waals surface area contributed by atoms with Gasteiger partial charge in [0.05, 0.1) is 35.8 Å². The Hall–Kier alpha value is -2.94. The summed E-state index contributed by atoms with van der Waals surface area (Å²) >= 11 is 0. The molecule has 8 heteroatoms. The highest BCUT2D eigenvalue weighted by Crippen LogP contribution is 2.47. The van der Waals surface area contributed by atoms with Gasteiger partial charge < -0.3 is 15.5 Å². The number of nitrogens with two attached hydrogens (primary N) is 1. The molecule has 5 rings (SSSR count). The second kappa shape index (κ2) is 6.55. The van der Waals surface area contributed by atoms with Crippen LogP contribution < -0.4 is 10.6 Å². The topological polar surface area (TPSA) is 117 Å². The number of hydrogen-bond donors (Lipinski definition) is 1. The summed E-state index contributed by atoms with van der Waals surface area (Å²) in [6.45, 7) is 0.978. The fourth-order valence-corrected chi connectivity index (χ4v) is 5.34. The van der Waals surface area contributed by atoms with Crippen LogP contribution in [-0.4, -0.2) is 64.9 Å². The van der Waals surface area contributed by atoms with Crippen LogP contribution in [0, 0.1) is 28.6 Å². The fourth-order valence-electron chi connectivity index (χ4n) is 5.34. The third-order valence-electron chi connectivity index (χ3n) is 6.78. The van der Waals surface area contributed by atoms with Crippen LogP contribution in [0.25, 0.3) is 0 Å². The van der Waals surface area contributed by atoms with E-state index in [1.165, 1.54) is 0 Å². The lowest BCUT2D eigenvalue weighted by atomic mass is 10.1. The Morgan fingerprint density at radius 1 is 1.28 bits per heavy atom. The Labute approximate surface area is 169 Å². The van der Waals surface area contributed by atoms with E-state index in [0.717, 1.165) is 18.5 Å². The molecule has 29 heavy (non-hydrogen) atoms. The van der Waals surface area contributed by atoms with Crippen LogP contribution in [0.2, 0.25) is 0 Å². The van der Waals surface area contributed by atoms with E-state index in [1.54, 1.807) is 28.0 Å². The summed E-state index contributed by atoms with van der Waals surface area (Å²) in [5.74, 6) is 0.280. The number of fused-ring (bicyclic) bond motifs is 3. The monoisotopic (exact) mass is 390 g/mol. The van der Waals surface area contributed by atoms with Crippen LogP contribution >= 0.6 is 0 Å². The summed E-state index contributed by atoms with van der Waals surface area (Å²) in [6.07, 6.45) is 2.43. The number of nitrogens with zero attached hydrogens (tertiary/aromatic N) is 5. The van der Waals surface area contributed by atoms with Crippen molar-refractivity contribution >= 4 is 17.5 Å². The fraction of sp³-hybridized carbons (Fsp3) is 0.524. The SMILES string of the molecule is N#Cc1cccc(N2C(=O)[C@@H]3C[C@H]2CN3C[C@H](N)C(=O)N2[C@H](C#N)CC3C[C@@H]32)c1. The molecule has 0 radical (unpaired) electrons. The number of likely N-dealkylation sites (tertiary alicyclic amines) is 2. The van der Waals surface area contributed by atoms with E-state index < -0.39 is 6.04 Å². The Bertz CT molecular complexity index is 965. The summed E-state index contributed by atoms with van der Waals surface area (Å²) < 4.78 is 0. The maximum atomic E-state index is 13.0. The Balaban J connectivity index is 1.26. The molecule has 6 atom stereocenters. The highest BCUT2D eigenvalue weighted by atomic mass is 16.2. The van der Waals surface area contributed by atoms with Crippen molar-refractivity contribution in [2.45, 2.75) is 49.5 Å². The van der Waals surface area contributed by atoms with Gasteiger partial charge in [0.1, 0.15) is 6.04 Å². The van der Waals surface area contributed by atoms with Crippen LogP contribution in [0.1, 0.15) is 24.8 Å². The standard InChI is InChI=1S/C21H22N6O2/c22-8-12-2-1-3-14(4-12)26-16-7-19(21(26)29)25(10-16)11-17(24)20(28)27-15(9-23)5-13-6-18(13)27/h1-4,13,15-19H,5-7,10-11,24H2/t13?,15-,16-,17-,18-,19-/m0/s1. The van der Waals surface area contributed by atoms with Gasteiger partial charge in [0.25, 0.3) is 0 Å². The van der Waals surface area contributed by atoms with Gasteiger partial charge in [-0.1, -0.05) is 6.07 Å². The Morgan fingerprint density at radius 2 is 2.10 bits per heavy atom. The van der Waals surface area contributed by atoms with Gasteiger partial charge in [0.2, 0.25) is 11.8 Å². The number of nitriles is 2. The summed E-state index contributed by atoms with van der Waals surface area (Å²) in [5, 5.41) is 18.4.